The van der Waals surface area contributed by atoms with Crippen molar-refractivity contribution in [2.45, 2.75) is 13.0 Å². The Kier molecular flexibility index (Phi) is 3.47. The van der Waals surface area contributed by atoms with Gasteiger partial charge in [0, 0.05) is 6.04 Å². The number of aliphatic hydroxyl groups excluding tert-OH is 1. The SMILES string of the molecule is COc1c(NC(C)CO)nc[nH]c1=O. The van der Waals surface area contributed by atoms with E-state index in [1.807, 2.05) is 0 Å². The van der Waals surface area contributed by atoms with Gasteiger partial charge in [0.2, 0.25) is 5.75 Å². The van der Waals surface area contributed by atoms with Gasteiger partial charge in [-0.15, -0.1) is 0 Å². The average Bonchev–Trinajstić information content (AvgIpc) is 2.18. The molecule has 0 spiro atoms. The van der Waals surface area contributed by atoms with Gasteiger partial charge in [-0.25, -0.2) is 4.98 Å². The lowest BCUT2D eigenvalue weighted by Crippen LogP contribution is -2.23. The zero-order valence-corrected chi connectivity index (χ0v) is 8.07. The number of nitrogens with zero attached hydrogens (tertiary/aromatic N) is 1. The van der Waals surface area contributed by atoms with E-state index in [4.69, 9.17) is 9.84 Å². The number of aromatic nitrogens is 2. The highest BCUT2D eigenvalue weighted by Gasteiger charge is 2.10. The van der Waals surface area contributed by atoms with Crippen LogP contribution in [0.3, 0.4) is 0 Å². The van der Waals surface area contributed by atoms with E-state index in [-0.39, 0.29) is 24.0 Å². The first-order valence-electron chi connectivity index (χ1n) is 4.18. The van der Waals surface area contributed by atoms with Crippen LogP contribution in [0, 0.1) is 0 Å². The molecule has 1 aromatic heterocycles. The van der Waals surface area contributed by atoms with E-state index in [1.165, 1.54) is 13.4 Å². The molecule has 0 saturated heterocycles. The maximum atomic E-state index is 11.2. The molecule has 0 aliphatic rings. The molecular weight excluding hydrogens is 186 g/mol. The maximum absolute atomic E-state index is 11.2. The van der Waals surface area contributed by atoms with Gasteiger partial charge >= 0.3 is 0 Å². The van der Waals surface area contributed by atoms with Crippen molar-refractivity contribution in [1.82, 2.24) is 9.97 Å². The molecule has 0 fully saturated rings. The molecule has 1 atom stereocenters. The third-order valence-corrected chi connectivity index (χ3v) is 1.67. The van der Waals surface area contributed by atoms with Crippen LogP contribution in [0.2, 0.25) is 0 Å². The lowest BCUT2D eigenvalue weighted by atomic mass is 10.3. The van der Waals surface area contributed by atoms with Gasteiger partial charge in [0.05, 0.1) is 20.0 Å². The van der Waals surface area contributed by atoms with Crippen LogP contribution in [-0.4, -0.2) is 34.8 Å². The molecule has 0 amide bonds. The number of rotatable bonds is 4. The summed E-state index contributed by atoms with van der Waals surface area (Å²) in [6.45, 7) is 1.72. The third kappa shape index (κ3) is 2.23. The van der Waals surface area contributed by atoms with Gasteiger partial charge in [0.1, 0.15) is 0 Å². The predicted octanol–water partition coefficient (Wildman–Crippen LogP) is -0.429. The largest absolute Gasteiger partial charge is 0.489 e. The topological polar surface area (TPSA) is 87.2 Å². The number of hydrogen-bond donors (Lipinski definition) is 3. The zero-order chi connectivity index (χ0) is 10.6. The van der Waals surface area contributed by atoms with Crippen LogP contribution in [0.15, 0.2) is 11.1 Å². The Bertz CT molecular complexity index is 350. The summed E-state index contributed by atoms with van der Waals surface area (Å²) in [6, 6.07) is -0.182. The highest BCUT2D eigenvalue weighted by atomic mass is 16.5. The van der Waals surface area contributed by atoms with E-state index in [2.05, 4.69) is 15.3 Å². The lowest BCUT2D eigenvalue weighted by molar-refractivity contribution is 0.281. The minimum Gasteiger partial charge on any atom is -0.489 e. The highest BCUT2D eigenvalue weighted by molar-refractivity contribution is 5.48. The van der Waals surface area contributed by atoms with Gasteiger partial charge in [0.25, 0.3) is 5.56 Å². The minimum absolute atomic E-state index is 0.0440. The van der Waals surface area contributed by atoms with Crippen molar-refractivity contribution in [2.75, 3.05) is 19.0 Å². The number of H-pyrrole nitrogens is 1. The van der Waals surface area contributed by atoms with Crippen molar-refractivity contribution in [3.05, 3.63) is 16.7 Å². The van der Waals surface area contributed by atoms with Crippen LogP contribution < -0.4 is 15.6 Å². The fraction of sp³-hybridized carbons (Fsp3) is 0.500. The third-order valence-electron chi connectivity index (χ3n) is 1.67. The summed E-state index contributed by atoms with van der Waals surface area (Å²) in [6.07, 6.45) is 1.28. The summed E-state index contributed by atoms with van der Waals surface area (Å²) in [5, 5.41) is 11.7. The van der Waals surface area contributed by atoms with Gasteiger partial charge in [0.15, 0.2) is 5.82 Å². The van der Waals surface area contributed by atoms with Crippen molar-refractivity contribution in [2.24, 2.45) is 0 Å². The molecule has 14 heavy (non-hydrogen) atoms. The summed E-state index contributed by atoms with van der Waals surface area (Å²) >= 11 is 0. The van der Waals surface area contributed by atoms with Crippen LogP contribution in [0.1, 0.15) is 6.92 Å². The summed E-state index contributed by atoms with van der Waals surface area (Å²) in [5.74, 6) is 0.450. The maximum Gasteiger partial charge on any atom is 0.295 e. The Hall–Kier alpha value is -1.56. The smallest absolute Gasteiger partial charge is 0.295 e. The Morgan fingerprint density at radius 2 is 2.50 bits per heavy atom. The molecule has 0 bridgehead atoms. The monoisotopic (exact) mass is 199 g/mol. The van der Waals surface area contributed by atoms with E-state index in [1.54, 1.807) is 6.92 Å². The van der Waals surface area contributed by atoms with E-state index in [9.17, 15) is 4.79 Å². The number of nitrogens with one attached hydrogen (secondary N) is 2. The second kappa shape index (κ2) is 4.61. The highest BCUT2D eigenvalue weighted by Crippen LogP contribution is 2.14. The van der Waals surface area contributed by atoms with Crippen molar-refractivity contribution >= 4 is 5.82 Å². The van der Waals surface area contributed by atoms with E-state index < -0.39 is 0 Å². The van der Waals surface area contributed by atoms with E-state index >= 15 is 0 Å². The van der Waals surface area contributed by atoms with Crippen LogP contribution in [0.25, 0.3) is 0 Å². The Morgan fingerprint density at radius 3 is 3.07 bits per heavy atom. The van der Waals surface area contributed by atoms with Crippen molar-refractivity contribution < 1.29 is 9.84 Å². The molecule has 0 aromatic carbocycles. The molecule has 6 nitrogen and oxygen atoms in total. The fourth-order valence-corrected chi connectivity index (χ4v) is 0.958. The summed E-state index contributed by atoms with van der Waals surface area (Å²) < 4.78 is 4.87. The number of ether oxygens (including phenoxy) is 1. The number of aliphatic hydroxyl groups is 1. The molecule has 6 heteroatoms. The Morgan fingerprint density at radius 1 is 1.79 bits per heavy atom. The van der Waals surface area contributed by atoms with Crippen LogP contribution in [0.5, 0.6) is 5.75 Å². The van der Waals surface area contributed by atoms with Gasteiger partial charge in [-0.2, -0.15) is 0 Å². The van der Waals surface area contributed by atoms with Crippen molar-refractivity contribution in [3.8, 4) is 5.75 Å². The second-order valence-electron chi connectivity index (χ2n) is 2.84. The normalized spacial score (nSPS) is 12.2. The molecule has 3 N–H and O–H groups in total. The number of methoxy groups -OCH3 is 1. The molecule has 0 saturated carbocycles. The lowest BCUT2D eigenvalue weighted by Gasteiger charge is -2.12. The zero-order valence-electron chi connectivity index (χ0n) is 8.07. The number of hydrogen-bond acceptors (Lipinski definition) is 5. The van der Waals surface area contributed by atoms with Crippen LogP contribution in [0.4, 0.5) is 5.82 Å². The van der Waals surface area contributed by atoms with Gasteiger partial charge in [-0.3, -0.25) is 4.79 Å². The van der Waals surface area contributed by atoms with Crippen LogP contribution in [-0.2, 0) is 0 Å². The molecule has 0 aliphatic carbocycles. The van der Waals surface area contributed by atoms with Gasteiger partial charge < -0.3 is 20.1 Å². The first-order chi connectivity index (χ1) is 6.69. The molecule has 0 radical (unpaired) electrons. The quantitative estimate of drug-likeness (QED) is 0.612. The Labute approximate surface area is 80.9 Å². The fourth-order valence-electron chi connectivity index (χ4n) is 0.958. The number of aromatic amines is 1. The van der Waals surface area contributed by atoms with Gasteiger partial charge in [-0.05, 0) is 6.92 Å². The van der Waals surface area contributed by atoms with E-state index in [0.29, 0.717) is 5.82 Å². The average molecular weight is 199 g/mol. The first-order valence-corrected chi connectivity index (χ1v) is 4.18. The summed E-state index contributed by atoms with van der Waals surface area (Å²) in [5.41, 5.74) is -0.352. The van der Waals surface area contributed by atoms with Crippen LogP contribution >= 0.6 is 0 Å². The summed E-state index contributed by atoms with van der Waals surface area (Å²) in [4.78, 5) is 17.5. The summed E-state index contributed by atoms with van der Waals surface area (Å²) in [7, 11) is 1.39. The molecule has 1 aromatic rings. The van der Waals surface area contributed by atoms with Crippen molar-refractivity contribution in [1.29, 1.82) is 0 Å². The second-order valence-corrected chi connectivity index (χ2v) is 2.84. The minimum atomic E-state index is -0.352. The Balaban J connectivity index is 2.96. The van der Waals surface area contributed by atoms with Gasteiger partial charge in [-0.1, -0.05) is 0 Å². The van der Waals surface area contributed by atoms with Crippen molar-refractivity contribution in [3.63, 3.8) is 0 Å². The van der Waals surface area contributed by atoms with E-state index in [0.717, 1.165) is 0 Å². The first kappa shape index (κ1) is 10.5. The number of anilines is 1. The molecule has 1 heterocycles. The molecule has 1 rings (SSSR count). The molecule has 1 unspecified atom stereocenters. The molecule has 0 aliphatic heterocycles. The molecular formula is C8H13N3O3. The standard InChI is InChI=1S/C8H13N3O3/c1-5(3-12)11-7-6(14-2)8(13)10-4-9-7/h4-5,12H,3H2,1-2H3,(H2,9,10,11,13). The molecule has 78 valence electrons. The predicted molar refractivity (Wildman–Crippen MR) is 51.6 cm³/mol.